The molecule has 150 valence electrons. The normalized spacial score (nSPS) is 14.0. The fourth-order valence-electron chi connectivity index (χ4n) is 3.50. The molecule has 0 bridgehead atoms. The SMILES string of the molecule is COCCNc1nc(-c2ccc(N3CCCC3=O)cc2)cc2ncn(C)c(=O)c12. The van der Waals surface area contributed by atoms with Gasteiger partial charge in [-0.2, -0.15) is 0 Å². The van der Waals surface area contributed by atoms with Crippen LogP contribution in [-0.2, 0) is 16.6 Å². The maximum absolute atomic E-state index is 12.6. The van der Waals surface area contributed by atoms with E-state index in [1.165, 1.54) is 10.9 Å². The standard InChI is InChI=1S/C21H23N5O3/c1-25-13-23-17-12-16(24-20(19(17)21(25)28)22-9-11-29-2)14-5-7-15(8-6-14)26-10-3-4-18(26)27/h5-8,12-13H,3-4,9-11H2,1-2H3,(H,22,24). The van der Waals surface area contributed by atoms with Crippen molar-refractivity contribution in [2.45, 2.75) is 12.8 Å². The molecule has 0 saturated carbocycles. The highest BCUT2D eigenvalue weighted by atomic mass is 16.5. The minimum absolute atomic E-state index is 0.156. The van der Waals surface area contributed by atoms with Gasteiger partial charge in [0.15, 0.2) is 0 Å². The molecular formula is C21H23N5O3. The number of carbonyl (C=O) groups excluding carboxylic acids is 1. The summed E-state index contributed by atoms with van der Waals surface area (Å²) in [6.07, 6.45) is 3.00. The summed E-state index contributed by atoms with van der Waals surface area (Å²) in [6.45, 7) is 1.77. The number of aromatic nitrogens is 3. The van der Waals surface area contributed by atoms with E-state index in [-0.39, 0.29) is 11.5 Å². The molecule has 1 N–H and O–H groups in total. The summed E-state index contributed by atoms with van der Waals surface area (Å²) < 4.78 is 6.53. The Labute approximate surface area is 168 Å². The van der Waals surface area contributed by atoms with Crippen molar-refractivity contribution >= 4 is 28.3 Å². The van der Waals surface area contributed by atoms with Crippen molar-refractivity contribution in [2.24, 2.45) is 7.05 Å². The quantitative estimate of drug-likeness (QED) is 0.646. The summed E-state index contributed by atoms with van der Waals surface area (Å²) in [4.78, 5) is 35.5. The Morgan fingerprint density at radius 2 is 2.00 bits per heavy atom. The fourth-order valence-corrected chi connectivity index (χ4v) is 3.50. The van der Waals surface area contributed by atoms with Crippen molar-refractivity contribution in [3.05, 3.63) is 47.0 Å². The molecule has 2 aromatic heterocycles. The number of ether oxygens (including phenoxy) is 1. The second-order valence-corrected chi connectivity index (χ2v) is 7.03. The van der Waals surface area contributed by atoms with E-state index in [0.29, 0.717) is 42.0 Å². The number of fused-ring (bicyclic) bond motifs is 1. The molecule has 8 heteroatoms. The van der Waals surface area contributed by atoms with Crippen molar-refractivity contribution in [1.29, 1.82) is 0 Å². The second-order valence-electron chi connectivity index (χ2n) is 7.03. The molecule has 0 radical (unpaired) electrons. The first-order valence-electron chi connectivity index (χ1n) is 9.58. The molecule has 8 nitrogen and oxygen atoms in total. The van der Waals surface area contributed by atoms with Crippen LogP contribution in [0.4, 0.5) is 11.5 Å². The molecule has 0 spiro atoms. The number of rotatable bonds is 6. The van der Waals surface area contributed by atoms with Gasteiger partial charge < -0.3 is 19.5 Å². The Bertz CT molecular complexity index is 1110. The molecular weight excluding hydrogens is 370 g/mol. The number of methoxy groups -OCH3 is 1. The van der Waals surface area contributed by atoms with E-state index in [2.05, 4.69) is 15.3 Å². The van der Waals surface area contributed by atoms with Crippen LogP contribution in [-0.4, -0.2) is 47.2 Å². The average Bonchev–Trinajstić information content (AvgIpc) is 3.16. The lowest BCUT2D eigenvalue weighted by atomic mass is 10.1. The van der Waals surface area contributed by atoms with Crippen LogP contribution >= 0.6 is 0 Å². The van der Waals surface area contributed by atoms with E-state index in [4.69, 9.17) is 4.74 Å². The Morgan fingerprint density at radius 1 is 1.21 bits per heavy atom. The fraction of sp³-hybridized carbons (Fsp3) is 0.333. The van der Waals surface area contributed by atoms with Crippen LogP contribution in [0.25, 0.3) is 22.2 Å². The van der Waals surface area contributed by atoms with Crippen LogP contribution in [0.1, 0.15) is 12.8 Å². The Balaban J connectivity index is 1.74. The third-order valence-electron chi connectivity index (χ3n) is 5.05. The van der Waals surface area contributed by atoms with E-state index >= 15 is 0 Å². The molecule has 4 rings (SSSR count). The zero-order valence-electron chi connectivity index (χ0n) is 16.5. The lowest BCUT2D eigenvalue weighted by Gasteiger charge is -2.16. The van der Waals surface area contributed by atoms with Crippen molar-refractivity contribution in [3.63, 3.8) is 0 Å². The minimum Gasteiger partial charge on any atom is -0.383 e. The average molecular weight is 393 g/mol. The first kappa shape index (κ1) is 19.1. The minimum atomic E-state index is -0.156. The van der Waals surface area contributed by atoms with Crippen molar-refractivity contribution < 1.29 is 9.53 Å². The van der Waals surface area contributed by atoms with Crippen LogP contribution in [0.2, 0.25) is 0 Å². The number of benzene rings is 1. The number of carbonyl (C=O) groups is 1. The number of aryl methyl sites for hydroxylation is 1. The highest BCUT2D eigenvalue weighted by molar-refractivity contribution is 5.96. The molecule has 3 aromatic rings. The van der Waals surface area contributed by atoms with Crippen LogP contribution in [0.5, 0.6) is 0 Å². The van der Waals surface area contributed by atoms with Gasteiger partial charge in [-0.05, 0) is 24.6 Å². The number of hydrogen-bond acceptors (Lipinski definition) is 6. The van der Waals surface area contributed by atoms with Crippen LogP contribution in [0.3, 0.4) is 0 Å². The van der Waals surface area contributed by atoms with Gasteiger partial charge in [-0.15, -0.1) is 0 Å². The lowest BCUT2D eigenvalue weighted by Crippen LogP contribution is -2.23. The van der Waals surface area contributed by atoms with E-state index in [1.807, 2.05) is 30.3 Å². The number of hydrogen-bond donors (Lipinski definition) is 1. The van der Waals surface area contributed by atoms with Gasteiger partial charge in [0.25, 0.3) is 5.56 Å². The third-order valence-corrected chi connectivity index (χ3v) is 5.05. The first-order valence-corrected chi connectivity index (χ1v) is 9.58. The molecule has 3 heterocycles. The number of nitrogens with one attached hydrogen (secondary N) is 1. The predicted molar refractivity (Wildman–Crippen MR) is 112 cm³/mol. The maximum Gasteiger partial charge on any atom is 0.264 e. The van der Waals surface area contributed by atoms with E-state index < -0.39 is 0 Å². The van der Waals surface area contributed by atoms with Gasteiger partial charge in [0, 0.05) is 44.9 Å². The van der Waals surface area contributed by atoms with E-state index in [0.717, 1.165) is 24.2 Å². The van der Waals surface area contributed by atoms with Crippen LogP contribution < -0.4 is 15.8 Å². The number of anilines is 2. The predicted octanol–water partition coefficient (Wildman–Crippen LogP) is 2.18. The van der Waals surface area contributed by atoms with Crippen LogP contribution in [0, 0.1) is 0 Å². The Kier molecular flexibility index (Phi) is 5.26. The summed E-state index contributed by atoms with van der Waals surface area (Å²) in [5.41, 5.74) is 2.91. The van der Waals surface area contributed by atoms with Crippen molar-refractivity contribution in [2.75, 3.05) is 37.0 Å². The van der Waals surface area contributed by atoms with E-state index in [1.54, 1.807) is 19.1 Å². The third kappa shape index (κ3) is 3.71. The Hall–Kier alpha value is -3.26. The molecule has 1 fully saturated rings. The molecule has 1 aromatic carbocycles. The summed E-state index contributed by atoms with van der Waals surface area (Å²) in [5, 5.41) is 3.64. The Morgan fingerprint density at radius 3 is 2.69 bits per heavy atom. The topological polar surface area (TPSA) is 89.3 Å². The molecule has 1 amide bonds. The lowest BCUT2D eigenvalue weighted by molar-refractivity contribution is -0.117. The van der Waals surface area contributed by atoms with Gasteiger partial charge in [-0.1, -0.05) is 12.1 Å². The van der Waals surface area contributed by atoms with Gasteiger partial charge in [0.1, 0.15) is 11.2 Å². The summed E-state index contributed by atoms with van der Waals surface area (Å²) in [6, 6.07) is 9.55. The summed E-state index contributed by atoms with van der Waals surface area (Å²) in [5.74, 6) is 0.647. The molecule has 1 aliphatic rings. The maximum atomic E-state index is 12.6. The summed E-state index contributed by atoms with van der Waals surface area (Å²) >= 11 is 0. The highest BCUT2D eigenvalue weighted by Crippen LogP contribution is 2.28. The number of pyridine rings is 1. The highest BCUT2D eigenvalue weighted by Gasteiger charge is 2.21. The number of nitrogens with zero attached hydrogens (tertiary/aromatic N) is 4. The molecule has 1 aliphatic heterocycles. The summed E-state index contributed by atoms with van der Waals surface area (Å²) in [7, 11) is 3.29. The van der Waals surface area contributed by atoms with Crippen molar-refractivity contribution in [3.8, 4) is 11.3 Å². The van der Waals surface area contributed by atoms with E-state index in [9.17, 15) is 9.59 Å². The first-order chi connectivity index (χ1) is 14.1. The van der Waals surface area contributed by atoms with Gasteiger partial charge in [0.05, 0.1) is 24.1 Å². The smallest absolute Gasteiger partial charge is 0.264 e. The van der Waals surface area contributed by atoms with Crippen molar-refractivity contribution in [1.82, 2.24) is 14.5 Å². The van der Waals surface area contributed by atoms with Gasteiger partial charge in [-0.3, -0.25) is 9.59 Å². The molecule has 29 heavy (non-hydrogen) atoms. The van der Waals surface area contributed by atoms with Gasteiger partial charge in [0.2, 0.25) is 5.91 Å². The molecule has 0 atom stereocenters. The zero-order chi connectivity index (χ0) is 20.4. The monoisotopic (exact) mass is 393 g/mol. The largest absolute Gasteiger partial charge is 0.383 e. The van der Waals surface area contributed by atoms with Gasteiger partial charge in [-0.25, -0.2) is 9.97 Å². The molecule has 0 aliphatic carbocycles. The molecule has 0 unspecified atom stereocenters. The van der Waals surface area contributed by atoms with Gasteiger partial charge >= 0.3 is 0 Å². The number of amides is 1. The van der Waals surface area contributed by atoms with Crippen LogP contribution in [0.15, 0.2) is 41.5 Å². The second kappa shape index (κ2) is 8.00. The zero-order valence-corrected chi connectivity index (χ0v) is 16.5. The molecule has 1 saturated heterocycles.